The number of aromatic nitrogens is 1. The number of carbonyl (C=O) groups excluding carboxylic acids is 2. The zero-order chi connectivity index (χ0) is 23.5. The summed E-state index contributed by atoms with van der Waals surface area (Å²) in [7, 11) is 6.47. The fraction of sp³-hybridized carbons (Fsp3) is 0.480. The Kier molecular flexibility index (Phi) is 7.42. The van der Waals surface area contributed by atoms with Crippen LogP contribution in [0.5, 0.6) is 5.75 Å². The van der Waals surface area contributed by atoms with Crippen molar-refractivity contribution in [2.45, 2.75) is 57.3 Å². The number of pyridine rings is 1. The van der Waals surface area contributed by atoms with Gasteiger partial charge in [-0.1, -0.05) is 5.46 Å². The maximum Gasteiger partial charge on any atom is 0.222 e. The third-order valence-corrected chi connectivity index (χ3v) is 7.38. The van der Waals surface area contributed by atoms with E-state index < -0.39 is 0 Å². The van der Waals surface area contributed by atoms with Crippen LogP contribution in [-0.4, -0.2) is 47.7 Å². The number of piperidine rings is 1. The van der Waals surface area contributed by atoms with E-state index in [4.69, 9.17) is 18.6 Å². The van der Waals surface area contributed by atoms with Crippen molar-refractivity contribution in [2.75, 3.05) is 13.1 Å². The molecule has 1 saturated heterocycles. The van der Waals surface area contributed by atoms with E-state index >= 15 is 0 Å². The average Bonchev–Trinajstić information content (AvgIpc) is 2.93. The van der Waals surface area contributed by atoms with Crippen LogP contribution in [0.2, 0.25) is 0 Å². The molecule has 33 heavy (non-hydrogen) atoms. The quantitative estimate of drug-likeness (QED) is 0.462. The lowest BCUT2D eigenvalue weighted by atomic mass is 9.72. The van der Waals surface area contributed by atoms with Gasteiger partial charge in [0.25, 0.3) is 0 Å². The summed E-state index contributed by atoms with van der Waals surface area (Å²) in [6.45, 7) is 1.41. The Labute approximate surface area is 204 Å². The molecule has 2 heterocycles. The number of halogens is 1. The number of rotatable bonds is 6. The summed E-state index contributed by atoms with van der Waals surface area (Å²) >= 11 is 3.55. The number of carbonyl (C=O) groups is 2. The molecule has 0 unspecified atom stereocenters. The maximum atomic E-state index is 12.7. The lowest BCUT2D eigenvalue weighted by Crippen LogP contribution is -2.40. The Morgan fingerprint density at radius 2 is 1.82 bits per heavy atom. The molecule has 2 radical (unpaired) electrons. The van der Waals surface area contributed by atoms with Gasteiger partial charge >= 0.3 is 0 Å². The van der Waals surface area contributed by atoms with Crippen LogP contribution in [0.4, 0.5) is 0 Å². The van der Waals surface area contributed by atoms with E-state index in [-0.39, 0.29) is 23.5 Å². The van der Waals surface area contributed by atoms with E-state index in [1.807, 2.05) is 17.2 Å². The number of hydrogen-bond donors (Lipinski definition) is 2. The van der Waals surface area contributed by atoms with Crippen LogP contribution in [0.3, 0.4) is 0 Å². The predicted octanol–water partition coefficient (Wildman–Crippen LogP) is 2.86. The van der Waals surface area contributed by atoms with Gasteiger partial charge in [-0.3, -0.25) is 14.6 Å². The molecule has 0 spiro atoms. The lowest BCUT2D eigenvalue weighted by Gasteiger charge is -2.37. The van der Waals surface area contributed by atoms with E-state index in [0.717, 1.165) is 47.0 Å². The molecule has 1 aliphatic heterocycles. The summed E-state index contributed by atoms with van der Waals surface area (Å²) in [5.41, 5.74) is 10.2. The van der Waals surface area contributed by atoms with Gasteiger partial charge in [-0.05, 0) is 95.3 Å². The number of fused-ring (bicyclic) bond motifs is 2. The molecule has 6 nitrogen and oxygen atoms in total. The first-order valence-corrected chi connectivity index (χ1v) is 12.4. The molecule has 0 bridgehead atoms. The zero-order valence-corrected chi connectivity index (χ0v) is 20.3. The number of nitrogens with two attached hydrogens (primary N) is 1. The first-order chi connectivity index (χ1) is 15.8. The molecule has 2 aromatic rings. The van der Waals surface area contributed by atoms with Gasteiger partial charge in [0.2, 0.25) is 11.8 Å². The van der Waals surface area contributed by atoms with Crippen LogP contribution in [0.15, 0.2) is 28.9 Å². The minimum absolute atomic E-state index is 0.0408. The topological polar surface area (TPSA) is 96.5 Å². The molecule has 1 aromatic carbocycles. The van der Waals surface area contributed by atoms with Gasteiger partial charge in [-0.15, -0.1) is 0 Å². The molecule has 3 N–H and O–H groups in total. The number of aromatic hydroxyl groups is 1. The number of unbranched alkanes of at least 4 members (excludes halogenated alkanes) is 1. The number of nitrogens with zero attached hydrogens (tertiary/aromatic N) is 2. The van der Waals surface area contributed by atoms with E-state index in [2.05, 4.69) is 22.0 Å². The van der Waals surface area contributed by atoms with Gasteiger partial charge in [0.05, 0.1) is 5.69 Å². The highest BCUT2D eigenvalue weighted by Crippen LogP contribution is 2.42. The molecular weight excluding hydrogens is 481 g/mol. The molecule has 0 saturated carbocycles. The van der Waals surface area contributed by atoms with Crippen molar-refractivity contribution in [3.63, 3.8) is 0 Å². The summed E-state index contributed by atoms with van der Waals surface area (Å²) in [6.07, 6.45) is 7.35. The molecule has 1 atom stereocenters. The second kappa shape index (κ2) is 10.3. The van der Waals surface area contributed by atoms with Crippen LogP contribution in [0, 0.1) is 5.92 Å². The van der Waals surface area contributed by atoms with Crippen LogP contribution in [-0.2, 0) is 22.4 Å². The molecule has 8 heteroatoms. The van der Waals surface area contributed by atoms with E-state index in [1.165, 1.54) is 5.56 Å². The molecule has 2 amide bonds. The van der Waals surface area contributed by atoms with Gasteiger partial charge < -0.3 is 15.7 Å². The number of amides is 2. The Morgan fingerprint density at radius 3 is 2.55 bits per heavy atom. The van der Waals surface area contributed by atoms with Gasteiger partial charge in [-0.2, -0.15) is 0 Å². The predicted molar refractivity (Wildman–Crippen MR) is 132 cm³/mol. The van der Waals surface area contributed by atoms with Crippen molar-refractivity contribution in [1.82, 2.24) is 9.88 Å². The van der Waals surface area contributed by atoms with Gasteiger partial charge in [-0.25, -0.2) is 0 Å². The fourth-order valence-corrected chi connectivity index (χ4v) is 5.74. The van der Waals surface area contributed by atoms with E-state index in [9.17, 15) is 14.7 Å². The number of aryl methyl sites for hydroxylation is 2. The van der Waals surface area contributed by atoms with Crippen LogP contribution < -0.4 is 11.2 Å². The van der Waals surface area contributed by atoms with Crippen molar-refractivity contribution in [2.24, 2.45) is 11.7 Å². The summed E-state index contributed by atoms with van der Waals surface area (Å²) in [5, 5.41) is 10.2. The van der Waals surface area contributed by atoms with Crippen molar-refractivity contribution < 1.29 is 14.7 Å². The highest BCUT2D eigenvalue weighted by Gasteiger charge is 2.35. The summed E-state index contributed by atoms with van der Waals surface area (Å²) in [5.74, 6) is 0.368. The highest BCUT2D eigenvalue weighted by atomic mass is 79.9. The number of phenols is 1. The molecule has 1 aromatic heterocycles. The van der Waals surface area contributed by atoms with Crippen molar-refractivity contribution in [1.29, 1.82) is 0 Å². The van der Waals surface area contributed by atoms with Crippen molar-refractivity contribution in [3.8, 4) is 5.75 Å². The molecule has 4 rings (SSSR count). The van der Waals surface area contributed by atoms with Crippen molar-refractivity contribution in [3.05, 3.63) is 51.3 Å². The van der Waals surface area contributed by atoms with E-state index in [1.54, 1.807) is 6.07 Å². The second-order valence-corrected chi connectivity index (χ2v) is 10.1. The number of primary amides is 1. The molecule has 1 fully saturated rings. The number of likely N-dealkylation sites (tertiary alicyclic amines) is 1. The Bertz CT molecular complexity index is 1050. The summed E-state index contributed by atoms with van der Waals surface area (Å²) in [6, 6.07) is 5.62. The normalized spacial score (nSPS) is 18.3. The Balaban J connectivity index is 1.53. The largest absolute Gasteiger partial charge is 0.508 e. The molecule has 2 aliphatic rings. The number of benzene rings is 1. The first-order valence-electron chi connectivity index (χ1n) is 11.6. The highest BCUT2D eigenvalue weighted by molar-refractivity contribution is 9.10. The molecule has 172 valence electrons. The maximum absolute atomic E-state index is 12.7. The first kappa shape index (κ1) is 23.8. The third kappa shape index (κ3) is 5.43. The SMILES string of the molecule is [B]c1cc(O)cc2c1[C@@H](C1CCN(C(=O)CCCCC(N)=O)CC1)c1ncc(Br)cc1CC2. The second-order valence-electron chi connectivity index (χ2n) is 9.18. The minimum Gasteiger partial charge on any atom is -0.508 e. The van der Waals surface area contributed by atoms with Gasteiger partial charge in [0.15, 0.2) is 0 Å². The average molecular weight is 510 g/mol. The minimum atomic E-state index is -0.319. The summed E-state index contributed by atoms with van der Waals surface area (Å²) in [4.78, 5) is 30.3. The Morgan fingerprint density at radius 1 is 1.12 bits per heavy atom. The van der Waals surface area contributed by atoms with Crippen LogP contribution in [0.1, 0.15) is 66.8 Å². The molecule has 1 aliphatic carbocycles. The Hall–Kier alpha value is -2.35. The molecular formula is C25H29BBrN3O3. The van der Waals surface area contributed by atoms with Gasteiger partial charge in [0.1, 0.15) is 13.6 Å². The number of hydrogen-bond acceptors (Lipinski definition) is 4. The fourth-order valence-electron chi connectivity index (χ4n) is 5.36. The van der Waals surface area contributed by atoms with Crippen molar-refractivity contribution >= 4 is 41.1 Å². The van der Waals surface area contributed by atoms with E-state index in [0.29, 0.717) is 50.2 Å². The summed E-state index contributed by atoms with van der Waals surface area (Å²) < 4.78 is 0.957. The van der Waals surface area contributed by atoms with Crippen LogP contribution >= 0.6 is 15.9 Å². The lowest BCUT2D eigenvalue weighted by molar-refractivity contribution is -0.133. The van der Waals surface area contributed by atoms with Gasteiger partial charge in [0, 0.05) is 42.5 Å². The standard InChI is InChI=1S/C25H29BBrN3O3/c26-20-13-19(31)12-16-5-6-17-11-18(27)14-29-25(17)24(23(16)20)15-7-9-30(10-8-15)22(33)4-2-1-3-21(28)32/h11-15,24,31H,1-10H2,(H2,28,32)/t24-/m1/s1. The van der Waals surface area contributed by atoms with Crippen LogP contribution in [0.25, 0.3) is 0 Å². The number of phenolic OH excluding ortho intramolecular Hbond substituents is 1. The third-order valence-electron chi connectivity index (χ3n) is 6.95. The monoisotopic (exact) mass is 509 g/mol. The smallest absolute Gasteiger partial charge is 0.222 e. The zero-order valence-electron chi connectivity index (χ0n) is 18.7.